The highest BCUT2D eigenvalue weighted by Crippen LogP contribution is 2.41. The maximum absolute atomic E-state index is 11.2. The highest BCUT2D eigenvalue weighted by Gasteiger charge is 2.56. The molecule has 0 radical (unpaired) electrons. The Kier molecular flexibility index (Phi) is 7.90. The Labute approximate surface area is 198 Å². The third-order valence-corrected chi connectivity index (χ3v) is 11.0. The Bertz CT molecular complexity index is 960. The van der Waals surface area contributed by atoms with Gasteiger partial charge in [-0.25, -0.2) is 4.79 Å². The molecular formula is C28H34O4Si. The molecule has 174 valence electrons. The molecule has 0 unspecified atom stereocenters. The van der Waals surface area contributed by atoms with E-state index in [1.807, 2.05) is 24.3 Å². The van der Waals surface area contributed by atoms with Crippen LogP contribution in [0.25, 0.3) is 0 Å². The molecule has 0 amide bonds. The zero-order valence-electron chi connectivity index (χ0n) is 20.2. The zero-order chi connectivity index (χ0) is 24.0. The number of carbonyl (C=O) groups is 1. The summed E-state index contributed by atoms with van der Waals surface area (Å²) in [7, 11) is -1.35. The van der Waals surface area contributed by atoms with Crippen LogP contribution >= 0.6 is 0 Å². The fourth-order valence-corrected chi connectivity index (χ4v) is 8.75. The predicted molar refractivity (Wildman–Crippen MR) is 136 cm³/mol. The van der Waals surface area contributed by atoms with E-state index in [0.717, 1.165) is 0 Å². The fraction of sp³-hybridized carbons (Fsp3) is 0.321. The standard InChI is InChI=1S/C28H34O4Si/c1-27(2,3)33(23-16-10-8-11-17-23,24-18-12-9-13-19-24)32-25(28(4)22-31-28)20-14-6-7-15-21-26(29)30-5/h6-21,25H,22H2,1-5H3/b7-6-,20-14+,21-15+/t25-,28-/m1/s1. The molecule has 3 rings (SSSR count). The summed E-state index contributed by atoms with van der Waals surface area (Å²) in [5.41, 5.74) is -0.362. The van der Waals surface area contributed by atoms with Crippen LogP contribution in [0.15, 0.2) is 97.1 Å². The normalized spacial score (nSPS) is 19.9. The predicted octanol–water partition coefficient (Wildman–Crippen LogP) is 4.56. The first-order valence-electron chi connectivity index (χ1n) is 11.3. The maximum atomic E-state index is 11.2. The van der Waals surface area contributed by atoms with Gasteiger partial charge in [0.15, 0.2) is 0 Å². The number of allylic oxidation sites excluding steroid dienone is 4. The van der Waals surface area contributed by atoms with Crippen molar-refractivity contribution in [3.63, 3.8) is 0 Å². The molecule has 0 bridgehead atoms. The van der Waals surface area contributed by atoms with E-state index in [0.29, 0.717) is 6.61 Å². The Morgan fingerprint density at radius 2 is 1.48 bits per heavy atom. The van der Waals surface area contributed by atoms with Crippen LogP contribution in [0.1, 0.15) is 27.7 Å². The van der Waals surface area contributed by atoms with Gasteiger partial charge < -0.3 is 13.9 Å². The number of hydrogen-bond acceptors (Lipinski definition) is 4. The summed E-state index contributed by atoms with van der Waals surface area (Å²) in [4.78, 5) is 11.2. The van der Waals surface area contributed by atoms with Crippen LogP contribution < -0.4 is 10.4 Å². The number of epoxide rings is 1. The topological polar surface area (TPSA) is 48.1 Å². The second kappa shape index (κ2) is 10.5. The average molecular weight is 463 g/mol. The number of esters is 1. The molecule has 4 nitrogen and oxygen atoms in total. The van der Waals surface area contributed by atoms with Crippen LogP contribution in [0.3, 0.4) is 0 Å². The lowest BCUT2D eigenvalue weighted by atomic mass is 10.1. The minimum Gasteiger partial charge on any atom is -0.466 e. The first-order valence-corrected chi connectivity index (χ1v) is 13.2. The Balaban J connectivity index is 2.01. The van der Waals surface area contributed by atoms with Crippen molar-refractivity contribution in [2.24, 2.45) is 0 Å². The molecule has 2 aromatic carbocycles. The van der Waals surface area contributed by atoms with Gasteiger partial charge in [-0.1, -0.05) is 112 Å². The lowest BCUT2D eigenvalue weighted by Gasteiger charge is -2.45. The van der Waals surface area contributed by atoms with Crippen LogP contribution in [-0.4, -0.2) is 39.7 Å². The molecule has 1 fully saturated rings. The zero-order valence-corrected chi connectivity index (χ0v) is 21.2. The highest BCUT2D eigenvalue weighted by atomic mass is 28.4. The molecular weight excluding hydrogens is 428 g/mol. The van der Waals surface area contributed by atoms with Crippen LogP contribution in [0.4, 0.5) is 0 Å². The molecule has 5 heteroatoms. The summed E-state index contributed by atoms with van der Waals surface area (Å²) in [6, 6.07) is 21.2. The maximum Gasteiger partial charge on any atom is 0.330 e. The number of methoxy groups -OCH3 is 1. The molecule has 0 aliphatic carbocycles. The molecule has 0 saturated carbocycles. The van der Waals surface area contributed by atoms with Gasteiger partial charge >= 0.3 is 5.97 Å². The van der Waals surface area contributed by atoms with Gasteiger partial charge in [-0.15, -0.1) is 0 Å². The lowest BCUT2D eigenvalue weighted by Crippen LogP contribution is -2.68. The molecule has 1 aliphatic rings. The van der Waals surface area contributed by atoms with Crippen LogP contribution in [-0.2, 0) is 18.7 Å². The Morgan fingerprint density at radius 1 is 0.970 bits per heavy atom. The third kappa shape index (κ3) is 5.80. The Morgan fingerprint density at radius 3 is 1.94 bits per heavy atom. The first kappa shape index (κ1) is 24.9. The van der Waals surface area contributed by atoms with Gasteiger partial charge in [-0.3, -0.25) is 0 Å². The van der Waals surface area contributed by atoms with Gasteiger partial charge in [0.25, 0.3) is 8.32 Å². The molecule has 0 N–H and O–H groups in total. The molecule has 1 aliphatic heterocycles. The summed E-state index contributed by atoms with van der Waals surface area (Å²) >= 11 is 0. The number of rotatable bonds is 9. The van der Waals surface area contributed by atoms with Crippen molar-refractivity contribution in [1.29, 1.82) is 0 Å². The Hall–Kier alpha value is -2.73. The summed E-state index contributed by atoms with van der Waals surface area (Å²) in [6.45, 7) is 9.57. The molecule has 1 saturated heterocycles. The van der Waals surface area contributed by atoms with Crippen molar-refractivity contribution in [2.75, 3.05) is 13.7 Å². The van der Waals surface area contributed by atoms with Crippen molar-refractivity contribution < 1.29 is 18.7 Å². The van der Waals surface area contributed by atoms with Gasteiger partial charge in [0, 0.05) is 6.08 Å². The van der Waals surface area contributed by atoms with Crippen LogP contribution in [0, 0.1) is 0 Å². The lowest BCUT2D eigenvalue weighted by molar-refractivity contribution is -0.134. The average Bonchev–Trinajstić information content (AvgIpc) is 3.56. The smallest absolute Gasteiger partial charge is 0.330 e. The molecule has 0 spiro atoms. The minimum absolute atomic E-state index is 0.119. The van der Waals surface area contributed by atoms with Gasteiger partial charge in [0.2, 0.25) is 0 Å². The molecule has 1 heterocycles. The number of hydrogen-bond donors (Lipinski definition) is 0. The van der Waals surface area contributed by atoms with E-state index in [4.69, 9.17) is 9.16 Å². The van der Waals surface area contributed by atoms with E-state index in [2.05, 4.69) is 87.0 Å². The van der Waals surface area contributed by atoms with E-state index in [-0.39, 0.29) is 22.7 Å². The molecule has 0 aromatic heterocycles. The largest absolute Gasteiger partial charge is 0.466 e. The third-order valence-electron chi connectivity index (χ3n) is 5.97. The number of carbonyl (C=O) groups excluding carboxylic acids is 1. The SMILES string of the molecule is COC(=O)/C=C/C=C\C=C\[C@@H](O[Si](c1ccccc1)(c1ccccc1)C(C)(C)C)[C@@]1(C)CO1. The molecule has 2 aromatic rings. The van der Waals surface area contributed by atoms with E-state index in [1.165, 1.54) is 23.6 Å². The van der Waals surface area contributed by atoms with E-state index in [9.17, 15) is 4.79 Å². The van der Waals surface area contributed by atoms with E-state index >= 15 is 0 Å². The number of benzene rings is 2. The fourth-order valence-electron chi connectivity index (χ4n) is 4.02. The highest BCUT2D eigenvalue weighted by molar-refractivity contribution is 6.99. The van der Waals surface area contributed by atoms with Gasteiger partial charge in [-0.05, 0) is 22.3 Å². The van der Waals surface area contributed by atoms with Crippen molar-refractivity contribution in [2.45, 2.75) is 44.4 Å². The van der Waals surface area contributed by atoms with Gasteiger partial charge in [-0.2, -0.15) is 0 Å². The summed E-state index contributed by atoms with van der Waals surface area (Å²) < 4.78 is 17.7. The van der Waals surface area contributed by atoms with Crippen LogP contribution in [0.5, 0.6) is 0 Å². The second-order valence-corrected chi connectivity index (χ2v) is 13.7. The minimum atomic E-state index is -2.71. The quantitative estimate of drug-likeness (QED) is 0.180. The summed E-state index contributed by atoms with van der Waals surface area (Å²) in [6.07, 6.45) is 10.5. The van der Waals surface area contributed by atoms with Gasteiger partial charge in [0.05, 0.1) is 19.8 Å². The van der Waals surface area contributed by atoms with E-state index < -0.39 is 8.32 Å². The number of ether oxygens (including phenoxy) is 2. The van der Waals surface area contributed by atoms with Crippen molar-refractivity contribution in [3.8, 4) is 0 Å². The summed E-state index contributed by atoms with van der Waals surface area (Å²) in [5, 5.41) is 2.36. The van der Waals surface area contributed by atoms with Crippen molar-refractivity contribution >= 4 is 24.7 Å². The van der Waals surface area contributed by atoms with Crippen LogP contribution in [0.2, 0.25) is 5.04 Å². The van der Waals surface area contributed by atoms with E-state index in [1.54, 1.807) is 12.2 Å². The second-order valence-electron chi connectivity index (χ2n) is 9.46. The van der Waals surface area contributed by atoms with Crippen molar-refractivity contribution in [3.05, 3.63) is 97.1 Å². The van der Waals surface area contributed by atoms with Gasteiger partial charge in [0.1, 0.15) is 5.60 Å². The molecule has 33 heavy (non-hydrogen) atoms. The van der Waals surface area contributed by atoms with Crippen molar-refractivity contribution in [1.82, 2.24) is 0 Å². The monoisotopic (exact) mass is 462 g/mol. The first-order chi connectivity index (χ1) is 15.7. The molecule has 2 atom stereocenters. The summed E-state index contributed by atoms with van der Waals surface area (Å²) in [5.74, 6) is -0.379.